The van der Waals surface area contributed by atoms with Crippen LogP contribution >= 0.6 is 0 Å². The van der Waals surface area contributed by atoms with Gasteiger partial charge in [-0.1, -0.05) is 0 Å². The van der Waals surface area contributed by atoms with Crippen LogP contribution in [0.15, 0.2) is 18.2 Å². The summed E-state index contributed by atoms with van der Waals surface area (Å²) in [7, 11) is 0. The molecule has 21 heavy (non-hydrogen) atoms. The molecule has 2 rings (SSSR count). The molecule has 0 saturated heterocycles. The van der Waals surface area contributed by atoms with E-state index >= 15 is 0 Å². The number of amides is 3. The van der Waals surface area contributed by atoms with Crippen LogP contribution in [-0.4, -0.2) is 30.4 Å². The first-order chi connectivity index (χ1) is 10.0. The second-order valence-corrected chi connectivity index (χ2v) is 4.85. The monoisotopic (exact) mass is 290 g/mol. The summed E-state index contributed by atoms with van der Waals surface area (Å²) in [5.41, 5.74) is 1.66. The van der Waals surface area contributed by atoms with E-state index in [1.165, 1.54) is 0 Å². The summed E-state index contributed by atoms with van der Waals surface area (Å²) in [6.45, 7) is 3.76. The quantitative estimate of drug-likeness (QED) is 0.878. The molecule has 3 amide bonds. The Kier molecular flexibility index (Phi) is 4.57. The second-order valence-electron chi connectivity index (χ2n) is 4.85. The third-order valence-electron chi connectivity index (χ3n) is 3.25. The van der Waals surface area contributed by atoms with E-state index in [1.807, 2.05) is 0 Å². The van der Waals surface area contributed by atoms with Crippen molar-refractivity contribution < 1.29 is 19.1 Å². The van der Waals surface area contributed by atoms with E-state index < -0.39 is 18.0 Å². The number of nitrogens with one attached hydrogen (secondary N) is 2. The van der Waals surface area contributed by atoms with E-state index in [0.29, 0.717) is 25.1 Å². The second kappa shape index (κ2) is 6.39. The molecule has 0 fully saturated rings. The van der Waals surface area contributed by atoms with E-state index in [-0.39, 0.29) is 5.78 Å². The number of ether oxygens (including phenoxy) is 1. The Hall–Kier alpha value is -2.37. The number of aryl methyl sites for hydroxylation is 1. The normalized spacial score (nSPS) is 14.3. The number of fused-ring (bicyclic) bond motifs is 1. The molecule has 1 atom stereocenters. The topological polar surface area (TPSA) is 84.5 Å². The van der Waals surface area contributed by atoms with Crippen LogP contribution in [0.4, 0.5) is 4.79 Å². The summed E-state index contributed by atoms with van der Waals surface area (Å²) in [6.07, 6.45) is 0.416. The van der Waals surface area contributed by atoms with Gasteiger partial charge >= 0.3 is 6.03 Å². The molecular formula is C15H18N2O4. The largest absolute Gasteiger partial charge is 0.481 e. The lowest BCUT2D eigenvalue weighted by Gasteiger charge is -2.15. The molecule has 0 aliphatic heterocycles. The van der Waals surface area contributed by atoms with Gasteiger partial charge in [0.05, 0.1) is 0 Å². The molecule has 1 aliphatic rings. The van der Waals surface area contributed by atoms with E-state index in [1.54, 1.807) is 32.0 Å². The van der Waals surface area contributed by atoms with Crippen LogP contribution in [0.25, 0.3) is 0 Å². The average Bonchev–Trinajstić information content (AvgIpc) is 2.80. The van der Waals surface area contributed by atoms with Crippen molar-refractivity contribution in [3.05, 3.63) is 29.3 Å². The lowest BCUT2D eigenvalue weighted by atomic mass is 10.1. The number of urea groups is 1. The van der Waals surface area contributed by atoms with Crippen molar-refractivity contribution >= 4 is 17.7 Å². The summed E-state index contributed by atoms with van der Waals surface area (Å²) in [4.78, 5) is 34.6. The molecule has 0 spiro atoms. The Morgan fingerprint density at radius 2 is 2.10 bits per heavy atom. The van der Waals surface area contributed by atoms with Gasteiger partial charge in [-0.3, -0.25) is 14.9 Å². The van der Waals surface area contributed by atoms with Crippen LogP contribution in [0, 0.1) is 0 Å². The fraction of sp³-hybridized carbons (Fsp3) is 0.400. The van der Waals surface area contributed by atoms with Crippen molar-refractivity contribution in [2.75, 3.05) is 6.54 Å². The Balaban J connectivity index is 1.97. The first kappa shape index (κ1) is 15.0. The first-order valence-electron chi connectivity index (χ1n) is 6.92. The number of carbonyl (C=O) groups is 3. The lowest BCUT2D eigenvalue weighted by molar-refractivity contribution is -0.126. The lowest BCUT2D eigenvalue weighted by Crippen LogP contribution is -2.45. The van der Waals surface area contributed by atoms with Crippen LogP contribution in [0.2, 0.25) is 0 Å². The molecule has 0 bridgehead atoms. The molecule has 6 nitrogen and oxygen atoms in total. The summed E-state index contributed by atoms with van der Waals surface area (Å²) >= 11 is 0. The third-order valence-corrected chi connectivity index (χ3v) is 3.25. The molecule has 6 heteroatoms. The fourth-order valence-corrected chi connectivity index (χ4v) is 2.18. The van der Waals surface area contributed by atoms with Gasteiger partial charge in [-0.15, -0.1) is 0 Å². The molecule has 0 radical (unpaired) electrons. The zero-order valence-corrected chi connectivity index (χ0v) is 12.1. The highest BCUT2D eigenvalue weighted by Crippen LogP contribution is 2.26. The molecule has 0 heterocycles. The number of hydrogen-bond donors (Lipinski definition) is 2. The van der Waals surface area contributed by atoms with Crippen molar-refractivity contribution in [2.45, 2.75) is 32.8 Å². The van der Waals surface area contributed by atoms with Crippen molar-refractivity contribution in [2.24, 2.45) is 0 Å². The number of benzene rings is 1. The molecule has 1 aromatic rings. The maximum atomic E-state index is 11.8. The minimum Gasteiger partial charge on any atom is -0.481 e. The summed E-state index contributed by atoms with van der Waals surface area (Å²) in [6, 6.07) is 4.61. The third kappa shape index (κ3) is 3.59. The van der Waals surface area contributed by atoms with E-state index in [2.05, 4.69) is 10.6 Å². The number of rotatable bonds is 4. The molecule has 1 aromatic carbocycles. The van der Waals surface area contributed by atoms with Gasteiger partial charge in [0.25, 0.3) is 5.91 Å². The van der Waals surface area contributed by atoms with Crippen LogP contribution in [0.3, 0.4) is 0 Å². The highest BCUT2D eigenvalue weighted by molar-refractivity contribution is 6.00. The summed E-state index contributed by atoms with van der Waals surface area (Å²) in [5, 5.41) is 4.66. The molecule has 0 aromatic heterocycles. The van der Waals surface area contributed by atoms with Gasteiger partial charge in [-0.2, -0.15) is 0 Å². The molecule has 1 unspecified atom stereocenters. The van der Waals surface area contributed by atoms with E-state index in [4.69, 9.17) is 4.74 Å². The average molecular weight is 290 g/mol. The number of carbonyl (C=O) groups excluding carboxylic acids is 3. The minimum absolute atomic E-state index is 0.138. The van der Waals surface area contributed by atoms with E-state index in [0.717, 1.165) is 11.1 Å². The molecule has 2 N–H and O–H groups in total. The van der Waals surface area contributed by atoms with Gasteiger partial charge < -0.3 is 10.1 Å². The summed E-state index contributed by atoms with van der Waals surface area (Å²) in [5.74, 6) is 0.137. The molecule has 1 aliphatic carbocycles. The minimum atomic E-state index is -0.803. The van der Waals surface area contributed by atoms with Gasteiger partial charge in [-0.05, 0) is 44.0 Å². The fourth-order valence-electron chi connectivity index (χ4n) is 2.18. The maximum absolute atomic E-state index is 11.8. The Morgan fingerprint density at radius 3 is 2.81 bits per heavy atom. The number of ketones is 1. The van der Waals surface area contributed by atoms with Gasteiger partial charge in [0.1, 0.15) is 5.75 Å². The highest BCUT2D eigenvalue weighted by atomic mass is 16.5. The number of imide groups is 1. The van der Waals surface area contributed by atoms with Crippen LogP contribution in [0.5, 0.6) is 5.75 Å². The SMILES string of the molecule is CCNC(=O)NC(=O)C(C)Oc1ccc2c(c1)CCC2=O. The van der Waals surface area contributed by atoms with Crippen LogP contribution in [-0.2, 0) is 11.2 Å². The van der Waals surface area contributed by atoms with Crippen molar-refractivity contribution in [1.29, 1.82) is 0 Å². The van der Waals surface area contributed by atoms with E-state index in [9.17, 15) is 14.4 Å². The predicted octanol–water partition coefficient (Wildman–Crippen LogP) is 1.43. The van der Waals surface area contributed by atoms with Crippen molar-refractivity contribution in [3.63, 3.8) is 0 Å². The van der Waals surface area contributed by atoms with Gasteiger partial charge in [0.2, 0.25) is 0 Å². The van der Waals surface area contributed by atoms with Gasteiger partial charge in [0.15, 0.2) is 11.9 Å². The Labute approximate surface area is 122 Å². The first-order valence-corrected chi connectivity index (χ1v) is 6.92. The van der Waals surface area contributed by atoms with Gasteiger partial charge in [0, 0.05) is 18.5 Å². The predicted molar refractivity (Wildman–Crippen MR) is 76.4 cm³/mol. The maximum Gasteiger partial charge on any atom is 0.321 e. The summed E-state index contributed by atoms with van der Waals surface area (Å²) < 4.78 is 5.51. The number of Topliss-reactive ketones (excluding diaryl/α,β-unsaturated/α-hetero) is 1. The highest BCUT2D eigenvalue weighted by Gasteiger charge is 2.21. The van der Waals surface area contributed by atoms with Gasteiger partial charge in [-0.25, -0.2) is 4.79 Å². The number of hydrogen-bond acceptors (Lipinski definition) is 4. The molecule has 112 valence electrons. The smallest absolute Gasteiger partial charge is 0.321 e. The van der Waals surface area contributed by atoms with Crippen LogP contribution in [0.1, 0.15) is 36.2 Å². The molecular weight excluding hydrogens is 272 g/mol. The van der Waals surface area contributed by atoms with Crippen molar-refractivity contribution in [1.82, 2.24) is 10.6 Å². The zero-order valence-electron chi connectivity index (χ0n) is 12.1. The van der Waals surface area contributed by atoms with Crippen molar-refractivity contribution in [3.8, 4) is 5.75 Å². The molecule has 0 saturated carbocycles. The standard InChI is InChI=1S/C15H18N2O4/c1-3-16-15(20)17-14(19)9(2)21-11-5-6-12-10(8-11)4-7-13(12)18/h5-6,8-9H,3-4,7H2,1-2H3,(H2,16,17,19,20). The Morgan fingerprint density at radius 1 is 1.33 bits per heavy atom. The zero-order chi connectivity index (χ0) is 15.4. The Bertz CT molecular complexity index is 583. The van der Waals surface area contributed by atoms with Crippen LogP contribution < -0.4 is 15.4 Å².